The van der Waals surface area contributed by atoms with Gasteiger partial charge in [-0.15, -0.1) is 22.7 Å². The Kier molecular flexibility index (Phi) is 4.19. The third-order valence-electron chi connectivity index (χ3n) is 5.44. The Morgan fingerprint density at radius 3 is 3.04 bits per heavy atom. The van der Waals surface area contributed by atoms with E-state index in [1.54, 1.807) is 0 Å². The number of fused-ring (bicyclic) bond motifs is 2. The normalized spacial score (nSPS) is 19.5. The van der Waals surface area contributed by atoms with Crippen molar-refractivity contribution >= 4 is 44.4 Å². The Labute approximate surface area is 161 Å². The van der Waals surface area contributed by atoms with Crippen LogP contribution >= 0.6 is 22.7 Å². The number of nitrogens with zero attached hydrogens (tertiary/aromatic N) is 2. The van der Waals surface area contributed by atoms with Gasteiger partial charge >= 0.3 is 0 Å². The first kappa shape index (κ1) is 16.3. The second-order valence-corrected chi connectivity index (χ2v) is 8.86. The SMILES string of the molecule is O=C(NCCN1CCN2c3cccc4scc(c34)CC2C1)c1cccs1. The molecule has 1 unspecified atom stereocenters. The van der Waals surface area contributed by atoms with E-state index in [2.05, 4.69) is 38.7 Å². The lowest BCUT2D eigenvalue weighted by molar-refractivity contribution is 0.0950. The standard InChI is InChI=1S/C20H21N3OS2/c24-20(18-5-2-10-25-18)21-6-7-22-8-9-23-15(12-22)11-14-13-26-17-4-1-3-16(23)19(14)17/h1-5,10,13,15H,6-9,11-12H2,(H,21,24). The van der Waals surface area contributed by atoms with Gasteiger partial charge in [0.15, 0.2) is 0 Å². The number of nitrogens with one attached hydrogen (secondary N) is 1. The molecule has 1 atom stereocenters. The van der Waals surface area contributed by atoms with Crippen LogP contribution in [0, 0.1) is 0 Å². The molecule has 0 saturated carbocycles. The van der Waals surface area contributed by atoms with Gasteiger partial charge in [0, 0.05) is 54.5 Å². The van der Waals surface area contributed by atoms with Crippen LogP contribution in [0.2, 0.25) is 0 Å². The van der Waals surface area contributed by atoms with Crippen molar-refractivity contribution in [2.45, 2.75) is 12.5 Å². The molecule has 0 radical (unpaired) electrons. The molecule has 2 aliphatic rings. The first-order valence-electron chi connectivity index (χ1n) is 9.09. The summed E-state index contributed by atoms with van der Waals surface area (Å²) in [7, 11) is 0. The van der Waals surface area contributed by atoms with Crippen LogP contribution in [0.1, 0.15) is 15.2 Å². The van der Waals surface area contributed by atoms with Gasteiger partial charge in [0.1, 0.15) is 0 Å². The molecule has 3 aromatic rings. The van der Waals surface area contributed by atoms with E-state index in [0.29, 0.717) is 12.6 Å². The molecule has 6 heteroatoms. The number of amides is 1. The number of hydrogen-bond acceptors (Lipinski definition) is 5. The second-order valence-electron chi connectivity index (χ2n) is 7.00. The van der Waals surface area contributed by atoms with Crippen LogP contribution in [0.25, 0.3) is 10.1 Å². The third-order valence-corrected chi connectivity index (χ3v) is 7.31. The monoisotopic (exact) mass is 383 g/mol. The van der Waals surface area contributed by atoms with Gasteiger partial charge in [0.05, 0.1) is 4.88 Å². The molecule has 134 valence electrons. The minimum atomic E-state index is 0.0471. The molecule has 0 bridgehead atoms. The van der Waals surface area contributed by atoms with E-state index in [0.717, 1.165) is 37.5 Å². The smallest absolute Gasteiger partial charge is 0.261 e. The maximum absolute atomic E-state index is 12.1. The van der Waals surface area contributed by atoms with Crippen LogP contribution in [0.5, 0.6) is 0 Å². The predicted molar refractivity (Wildman–Crippen MR) is 110 cm³/mol. The highest BCUT2D eigenvalue weighted by Gasteiger charge is 2.32. The van der Waals surface area contributed by atoms with Crippen LogP contribution in [0.3, 0.4) is 0 Å². The van der Waals surface area contributed by atoms with Crippen LogP contribution in [0.4, 0.5) is 5.69 Å². The largest absolute Gasteiger partial charge is 0.365 e. The number of thiophene rings is 2. The van der Waals surface area contributed by atoms with E-state index in [1.807, 2.05) is 28.8 Å². The van der Waals surface area contributed by atoms with Gasteiger partial charge in [-0.05, 0) is 40.9 Å². The van der Waals surface area contributed by atoms with Gasteiger partial charge in [-0.1, -0.05) is 12.1 Å². The lowest BCUT2D eigenvalue weighted by Gasteiger charge is -2.45. The molecule has 1 fully saturated rings. The minimum absolute atomic E-state index is 0.0471. The van der Waals surface area contributed by atoms with E-state index < -0.39 is 0 Å². The highest BCUT2D eigenvalue weighted by molar-refractivity contribution is 7.17. The quantitative estimate of drug-likeness (QED) is 0.750. The number of benzene rings is 1. The van der Waals surface area contributed by atoms with E-state index >= 15 is 0 Å². The molecule has 4 nitrogen and oxygen atoms in total. The number of anilines is 1. The Hall–Kier alpha value is -1.89. The van der Waals surface area contributed by atoms with Crippen molar-refractivity contribution < 1.29 is 4.79 Å². The van der Waals surface area contributed by atoms with Crippen molar-refractivity contribution in [2.24, 2.45) is 0 Å². The lowest BCUT2D eigenvalue weighted by Crippen LogP contribution is -2.56. The summed E-state index contributed by atoms with van der Waals surface area (Å²) >= 11 is 3.36. The van der Waals surface area contributed by atoms with E-state index in [1.165, 1.54) is 32.7 Å². The summed E-state index contributed by atoms with van der Waals surface area (Å²) in [5.41, 5.74) is 2.93. The van der Waals surface area contributed by atoms with Crippen molar-refractivity contribution in [1.82, 2.24) is 10.2 Å². The zero-order valence-corrected chi connectivity index (χ0v) is 16.1. The summed E-state index contributed by atoms with van der Waals surface area (Å²) in [6.07, 6.45) is 1.13. The Balaban J connectivity index is 1.22. The third kappa shape index (κ3) is 2.82. The van der Waals surface area contributed by atoms with Crippen molar-refractivity contribution in [3.63, 3.8) is 0 Å². The fraction of sp³-hybridized carbons (Fsp3) is 0.350. The van der Waals surface area contributed by atoms with E-state index in [-0.39, 0.29) is 5.91 Å². The molecule has 2 aliphatic heterocycles. The summed E-state index contributed by atoms with van der Waals surface area (Å²) in [4.78, 5) is 17.9. The van der Waals surface area contributed by atoms with Crippen molar-refractivity contribution in [2.75, 3.05) is 37.6 Å². The molecular formula is C20H21N3OS2. The molecule has 5 rings (SSSR count). The summed E-state index contributed by atoms with van der Waals surface area (Å²) in [6, 6.07) is 11.0. The zero-order valence-electron chi connectivity index (χ0n) is 14.5. The van der Waals surface area contributed by atoms with Gasteiger partial charge in [-0.3, -0.25) is 9.69 Å². The van der Waals surface area contributed by atoms with Gasteiger partial charge in [-0.2, -0.15) is 0 Å². The number of carbonyl (C=O) groups excluding carboxylic acids is 1. The fourth-order valence-electron chi connectivity index (χ4n) is 4.21. The van der Waals surface area contributed by atoms with E-state index in [4.69, 9.17) is 0 Å². The molecular weight excluding hydrogens is 362 g/mol. The van der Waals surface area contributed by atoms with Crippen molar-refractivity contribution in [3.05, 3.63) is 51.5 Å². The van der Waals surface area contributed by atoms with Gasteiger partial charge in [0.25, 0.3) is 5.91 Å². The molecule has 1 N–H and O–H groups in total. The van der Waals surface area contributed by atoms with Gasteiger partial charge < -0.3 is 10.2 Å². The van der Waals surface area contributed by atoms with E-state index in [9.17, 15) is 4.79 Å². The average Bonchev–Trinajstić information content (AvgIpc) is 3.33. The maximum atomic E-state index is 12.1. The first-order chi connectivity index (χ1) is 12.8. The number of piperazine rings is 1. The van der Waals surface area contributed by atoms with Crippen LogP contribution in [-0.2, 0) is 6.42 Å². The topological polar surface area (TPSA) is 35.6 Å². The average molecular weight is 384 g/mol. The molecule has 2 aromatic heterocycles. The number of hydrogen-bond donors (Lipinski definition) is 1. The highest BCUT2D eigenvalue weighted by atomic mass is 32.1. The van der Waals surface area contributed by atoms with Crippen LogP contribution in [0.15, 0.2) is 41.1 Å². The minimum Gasteiger partial charge on any atom is -0.365 e. The Morgan fingerprint density at radius 2 is 2.15 bits per heavy atom. The number of rotatable bonds is 4. The molecule has 0 aliphatic carbocycles. The number of carbonyl (C=O) groups is 1. The van der Waals surface area contributed by atoms with Gasteiger partial charge in [0.2, 0.25) is 0 Å². The zero-order chi connectivity index (χ0) is 17.5. The lowest BCUT2D eigenvalue weighted by atomic mass is 9.94. The van der Waals surface area contributed by atoms with Crippen molar-refractivity contribution in [3.8, 4) is 0 Å². The summed E-state index contributed by atoms with van der Waals surface area (Å²) < 4.78 is 1.41. The molecule has 4 heterocycles. The molecule has 1 aromatic carbocycles. The first-order valence-corrected chi connectivity index (χ1v) is 10.9. The fourth-order valence-corrected chi connectivity index (χ4v) is 5.85. The Bertz CT molecular complexity index is 934. The summed E-state index contributed by atoms with van der Waals surface area (Å²) in [5, 5.41) is 8.81. The molecule has 1 amide bonds. The van der Waals surface area contributed by atoms with Crippen molar-refractivity contribution in [1.29, 1.82) is 0 Å². The second kappa shape index (κ2) is 6.68. The summed E-state index contributed by atoms with van der Waals surface area (Å²) in [5.74, 6) is 0.0471. The molecule has 0 spiro atoms. The summed E-state index contributed by atoms with van der Waals surface area (Å²) in [6.45, 7) is 4.82. The maximum Gasteiger partial charge on any atom is 0.261 e. The van der Waals surface area contributed by atoms with Crippen LogP contribution in [-0.4, -0.2) is 49.6 Å². The van der Waals surface area contributed by atoms with Crippen LogP contribution < -0.4 is 10.2 Å². The Morgan fingerprint density at radius 1 is 1.19 bits per heavy atom. The van der Waals surface area contributed by atoms with Gasteiger partial charge in [-0.25, -0.2) is 0 Å². The molecule has 26 heavy (non-hydrogen) atoms. The predicted octanol–water partition coefficient (Wildman–Crippen LogP) is 3.44. The highest BCUT2D eigenvalue weighted by Crippen LogP contribution is 2.40. The molecule has 1 saturated heterocycles.